The molecule has 1 rings (SSSR count). The van der Waals surface area contributed by atoms with E-state index in [1.165, 1.54) is 0 Å². The van der Waals surface area contributed by atoms with Crippen molar-refractivity contribution in [2.75, 3.05) is 12.0 Å². The molecule has 0 amide bonds. The number of aromatic nitrogens is 1. The van der Waals surface area contributed by atoms with Gasteiger partial charge >= 0.3 is 0 Å². The number of hydrogen-bond acceptors (Lipinski definition) is 3. The zero-order valence-electron chi connectivity index (χ0n) is 7.26. The Morgan fingerprint density at radius 1 is 1.58 bits per heavy atom. The van der Waals surface area contributed by atoms with Crippen molar-refractivity contribution in [3.63, 3.8) is 0 Å². The third-order valence-corrected chi connectivity index (χ3v) is 2.41. The van der Waals surface area contributed by atoms with Crippen LogP contribution in [0.3, 0.4) is 0 Å². The van der Waals surface area contributed by atoms with Crippen molar-refractivity contribution in [1.29, 1.82) is 0 Å². The van der Waals surface area contributed by atoms with Gasteiger partial charge in [-0.25, -0.2) is 4.98 Å². The van der Waals surface area contributed by atoms with E-state index in [9.17, 15) is 0 Å². The molecule has 2 nitrogen and oxygen atoms in total. The topological polar surface area (TPSA) is 26.0 Å². The van der Waals surface area contributed by atoms with Gasteiger partial charge in [0, 0.05) is 19.1 Å². The van der Waals surface area contributed by atoms with Gasteiger partial charge in [-0.05, 0) is 6.26 Å². The Bertz CT molecular complexity index is 249. The first-order valence-electron chi connectivity index (χ1n) is 3.78. The molecule has 0 aliphatic heterocycles. The maximum absolute atomic E-state index is 5.70. The molecule has 0 bridgehead atoms. The summed E-state index contributed by atoms with van der Waals surface area (Å²) in [5.74, 6) is 3.15. The number of oxazole rings is 1. The summed E-state index contributed by atoms with van der Waals surface area (Å²) < 4.78 is 5.40. The maximum atomic E-state index is 5.70. The van der Waals surface area contributed by atoms with E-state index in [1.807, 2.05) is 6.92 Å². The molecule has 68 valence electrons. The number of nitrogens with zero attached hydrogens (tertiary/aromatic N) is 1. The minimum atomic E-state index is 0.445. The van der Waals surface area contributed by atoms with Crippen LogP contribution in [-0.2, 0) is 12.3 Å². The summed E-state index contributed by atoms with van der Waals surface area (Å²) in [5.41, 5.74) is 0.892. The summed E-state index contributed by atoms with van der Waals surface area (Å²) in [4.78, 5) is 4.17. The predicted octanol–water partition coefficient (Wildman–Crippen LogP) is 2.63. The molecule has 4 heteroatoms. The van der Waals surface area contributed by atoms with E-state index < -0.39 is 0 Å². The van der Waals surface area contributed by atoms with Crippen molar-refractivity contribution < 1.29 is 4.42 Å². The number of alkyl halides is 1. The minimum absolute atomic E-state index is 0.445. The number of thioether (sulfide) groups is 1. The molecule has 0 saturated heterocycles. The van der Waals surface area contributed by atoms with Crippen LogP contribution >= 0.6 is 23.4 Å². The molecule has 0 spiro atoms. The Hall–Kier alpha value is -0.150. The lowest BCUT2D eigenvalue weighted by molar-refractivity contribution is 0.479. The van der Waals surface area contributed by atoms with E-state index in [-0.39, 0.29) is 0 Å². The second-order valence-electron chi connectivity index (χ2n) is 2.48. The van der Waals surface area contributed by atoms with E-state index in [0.29, 0.717) is 11.8 Å². The normalized spacial score (nSPS) is 10.6. The lowest BCUT2D eigenvalue weighted by Crippen LogP contribution is -1.90. The van der Waals surface area contributed by atoms with Crippen molar-refractivity contribution in [3.05, 3.63) is 17.3 Å². The van der Waals surface area contributed by atoms with Gasteiger partial charge in [0.05, 0.1) is 11.6 Å². The standard InChI is InChI=1S/C8H12ClNOS/c1-6-10-7(5-9)8(11-6)3-4-12-2/h3-5H2,1-2H3. The first kappa shape index (κ1) is 9.93. The molecule has 0 N–H and O–H groups in total. The van der Waals surface area contributed by atoms with Gasteiger partial charge in [-0.1, -0.05) is 0 Å². The fraction of sp³-hybridized carbons (Fsp3) is 0.625. The van der Waals surface area contributed by atoms with Crippen molar-refractivity contribution >= 4 is 23.4 Å². The van der Waals surface area contributed by atoms with E-state index in [0.717, 1.165) is 23.6 Å². The quantitative estimate of drug-likeness (QED) is 0.707. The first-order chi connectivity index (χ1) is 5.77. The Labute approximate surface area is 81.7 Å². The molecule has 0 unspecified atom stereocenters. The number of halogens is 1. The van der Waals surface area contributed by atoms with Crippen LogP contribution in [0, 0.1) is 6.92 Å². The Balaban J connectivity index is 2.68. The molecule has 1 aromatic heterocycles. The van der Waals surface area contributed by atoms with Gasteiger partial charge in [-0.15, -0.1) is 11.6 Å². The van der Waals surface area contributed by atoms with Crippen molar-refractivity contribution in [2.45, 2.75) is 19.2 Å². The second kappa shape index (κ2) is 4.77. The molecule has 0 radical (unpaired) electrons. The Morgan fingerprint density at radius 3 is 2.92 bits per heavy atom. The average Bonchev–Trinajstić information content (AvgIpc) is 2.42. The fourth-order valence-electron chi connectivity index (χ4n) is 1.01. The minimum Gasteiger partial charge on any atom is -0.446 e. The monoisotopic (exact) mass is 205 g/mol. The molecule has 1 heterocycles. The third kappa shape index (κ3) is 2.42. The Kier molecular flexibility index (Phi) is 3.95. The van der Waals surface area contributed by atoms with Crippen LogP contribution in [0.25, 0.3) is 0 Å². The Morgan fingerprint density at radius 2 is 2.33 bits per heavy atom. The smallest absolute Gasteiger partial charge is 0.191 e. The van der Waals surface area contributed by atoms with E-state index in [1.54, 1.807) is 11.8 Å². The first-order valence-corrected chi connectivity index (χ1v) is 5.71. The SMILES string of the molecule is CSCCc1oc(C)nc1CCl. The van der Waals surface area contributed by atoms with E-state index >= 15 is 0 Å². The van der Waals surface area contributed by atoms with Crippen LogP contribution < -0.4 is 0 Å². The average molecular weight is 206 g/mol. The summed E-state index contributed by atoms with van der Waals surface area (Å²) in [6.07, 6.45) is 2.99. The van der Waals surface area contributed by atoms with Gasteiger partial charge in [-0.3, -0.25) is 0 Å². The summed E-state index contributed by atoms with van der Waals surface area (Å²) in [7, 11) is 0. The van der Waals surface area contributed by atoms with E-state index in [2.05, 4.69) is 11.2 Å². The second-order valence-corrected chi connectivity index (χ2v) is 3.73. The van der Waals surface area contributed by atoms with Crippen molar-refractivity contribution in [3.8, 4) is 0 Å². The molecule has 0 atom stereocenters. The highest BCUT2D eigenvalue weighted by Gasteiger charge is 2.08. The summed E-state index contributed by atoms with van der Waals surface area (Å²) >= 11 is 7.49. The lowest BCUT2D eigenvalue weighted by Gasteiger charge is -1.94. The molecule has 1 aromatic rings. The van der Waals surface area contributed by atoms with Crippen molar-refractivity contribution in [1.82, 2.24) is 4.98 Å². The van der Waals surface area contributed by atoms with Gasteiger partial charge in [0.15, 0.2) is 5.89 Å². The highest BCUT2D eigenvalue weighted by atomic mass is 35.5. The van der Waals surface area contributed by atoms with Crippen LogP contribution in [0.1, 0.15) is 17.3 Å². The predicted molar refractivity (Wildman–Crippen MR) is 52.9 cm³/mol. The van der Waals surface area contributed by atoms with Gasteiger partial charge in [0.25, 0.3) is 0 Å². The number of rotatable bonds is 4. The van der Waals surface area contributed by atoms with Crippen molar-refractivity contribution in [2.24, 2.45) is 0 Å². The van der Waals surface area contributed by atoms with Gasteiger partial charge in [-0.2, -0.15) is 11.8 Å². The summed E-state index contributed by atoms with van der Waals surface area (Å²) in [6, 6.07) is 0. The maximum Gasteiger partial charge on any atom is 0.191 e. The highest BCUT2D eigenvalue weighted by molar-refractivity contribution is 7.98. The zero-order valence-corrected chi connectivity index (χ0v) is 8.84. The fourth-order valence-corrected chi connectivity index (χ4v) is 1.61. The van der Waals surface area contributed by atoms with Gasteiger partial charge < -0.3 is 4.42 Å². The molecule has 0 aliphatic rings. The highest BCUT2D eigenvalue weighted by Crippen LogP contribution is 2.14. The molecule has 0 fully saturated rings. The lowest BCUT2D eigenvalue weighted by atomic mass is 10.3. The molecule has 0 aliphatic carbocycles. The zero-order chi connectivity index (χ0) is 8.97. The number of aryl methyl sites for hydroxylation is 2. The van der Waals surface area contributed by atoms with Crippen LogP contribution in [0.4, 0.5) is 0 Å². The molecule has 12 heavy (non-hydrogen) atoms. The summed E-state index contributed by atoms with van der Waals surface area (Å²) in [6.45, 7) is 1.85. The molecular weight excluding hydrogens is 194 g/mol. The molecular formula is C8H12ClNOS. The number of hydrogen-bond donors (Lipinski definition) is 0. The largest absolute Gasteiger partial charge is 0.446 e. The van der Waals surface area contributed by atoms with Gasteiger partial charge in [0.2, 0.25) is 0 Å². The van der Waals surface area contributed by atoms with Gasteiger partial charge in [0.1, 0.15) is 5.76 Å². The van der Waals surface area contributed by atoms with E-state index in [4.69, 9.17) is 16.0 Å². The van der Waals surface area contributed by atoms with Crippen LogP contribution in [0.2, 0.25) is 0 Å². The molecule has 0 saturated carbocycles. The third-order valence-electron chi connectivity index (χ3n) is 1.55. The van der Waals surface area contributed by atoms with Crippen LogP contribution in [0.15, 0.2) is 4.42 Å². The molecule has 0 aromatic carbocycles. The summed E-state index contributed by atoms with van der Waals surface area (Å²) in [5, 5.41) is 0. The van der Waals surface area contributed by atoms with Crippen LogP contribution in [0.5, 0.6) is 0 Å². The van der Waals surface area contributed by atoms with Crippen LogP contribution in [-0.4, -0.2) is 17.0 Å².